The minimum atomic E-state index is -1.08. The number of nitrogens with one attached hydrogen (secondary N) is 1. The van der Waals surface area contributed by atoms with Gasteiger partial charge in [0.25, 0.3) is 0 Å². The van der Waals surface area contributed by atoms with Gasteiger partial charge in [-0.15, -0.1) is 0 Å². The van der Waals surface area contributed by atoms with Crippen LogP contribution in [0.5, 0.6) is 0 Å². The molecule has 0 bridgehead atoms. The number of carbonyl (C=O) groups is 2. The molecule has 3 aromatic rings. The number of benzene rings is 1. The van der Waals surface area contributed by atoms with E-state index in [0.717, 1.165) is 5.56 Å². The third-order valence-corrected chi connectivity index (χ3v) is 4.04. The normalized spacial score (nSPS) is 11.0. The van der Waals surface area contributed by atoms with Crippen LogP contribution in [0.4, 0.5) is 0 Å². The van der Waals surface area contributed by atoms with Crippen molar-refractivity contribution in [3.63, 3.8) is 0 Å². The molecule has 0 aliphatic rings. The molecule has 9 nitrogen and oxygen atoms in total. The van der Waals surface area contributed by atoms with Crippen molar-refractivity contribution < 1.29 is 19.2 Å². The maximum atomic E-state index is 12.1. The Bertz CT molecular complexity index is 976. The van der Waals surface area contributed by atoms with Crippen molar-refractivity contribution >= 4 is 11.9 Å². The van der Waals surface area contributed by atoms with E-state index >= 15 is 0 Å². The number of aromatic nitrogens is 4. The van der Waals surface area contributed by atoms with Crippen molar-refractivity contribution in [1.29, 1.82) is 0 Å². The summed E-state index contributed by atoms with van der Waals surface area (Å²) >= 11 is 0. The summed E-state index contributed by atoms with van der Waals surface area (Å²) in [5.74, 6) is 0.0662. The molecule has 146 valence electrons. The molecule has 3 rings (SSSR count). The van der Waals surface area contributed by atoms with Crippen LogP contribution in [0.15, 0.2) is 41.1 Å². The van der Waals surface area contributed by atoms with Crippen LogP contribution in [-0.2, 0) is 17.8 Å². The first-order valence-electron chi connectivity index (χ1n) is 8.90. The van der Waals surface area contributed by atoms with Gasteiger partial charge in [0.05, 0.1) is 5.69 Å². The number of amides is 1. The van der Waals surface area contributed by atoms with Crippen LogP contribution in [0.1, 0.15) is 54.0 Å². The van der Waals surface area contributed by atoms with E-state index in [-0.39, 0.29) is 23.9 Å². The number of hydrogen-bond acceptors (Lipinski definition) is 6. The van der Waals surface area contributed by atoms with E-state index in [1.807, 2.05) is 38.1 Å². The number of carboxylic acids is 1. The quantitative estimate of drug-likeness (QED) is 0.612. The molecule has 1 amide bonds. The average Bonchev–Trinajstić information content (AvgIpc) is 3.34. The fourth-order valence-corrected chi connectivity index (χ4v) is 2.50. The van der Waals surface area contributed by atoms with E-state index in [2.05, 4.69) is 20.6 Å². The minimum Gasteiger partial charge on any atom is -0.476 e. The van der Waals surface area contributed by atoms with E-state index in [0.29, 0.717) is 30.4 Å². The van der Waals surface area contributed by atoms with Gasteiger partial charge in [0.1, 0.15) is 0 Å². The fraction of sp³-hybridized carbons (Fsp3) is 0.316. The maximum Gasteiger partial charge on any atom is 0.356 e. The topological polar surface area (TPSA) is 123 Å². The second-order valence-electron chi connectivity index (χ2n) is 6.60. The molecular weight excluding hydrogens is 362 g/mol. The lowest BCUT2D eigenvalue weighted by Gasteiger charge is -2.07. The highest BCUT2D eigenvalue weighted by atomic mass is 16.5. The zero-order chi connectivity index (χ0) is 20.1. The molecule has 0 unspecified atom stereocenters. The van der Waals surface area contributed by atoms with Gasteiger partial charge in [-0.05, 0) is 23.8 Å². The number of carbonyl (C=O) groups excluding carboxylic acids is 1. The first kappa shape index (κ1) is 19.3. The molecule has 0 saturated carbocycles. The maximum absolute atomic E-state index is 12.1. The summed E-state index contributed by atoms with van der Waals surface area (Å²) in [5.41, 5.74) is 1.56. The van der Waals surface area contributed by atoms with Gasteiger partial charge in [0.2, 0.25) is 11.8 Å². The van der Waals surface area contributed by atoms with E-state index in [1.54, 1.807) is 6.20 Å². The zero-order valence-electron chi connectivity index (χ0n) is 15.6. The predicted molar refractivity (Wildman–Crippen MR) is 99.1 cm³/mol. The van der Waals surface area contributed by atoms with Crippen LogP contribution in [0.2, 0.25) is 0 Å². The predicted octanol–water partition coefficient (Wildman–Crippen LogP) is 2.33. The fourth-order valence-electron chi connectivity index (χ4n) is 2.50. The first-order chi connectivity index (χ1) is 13.4. The minimum absolute atomic E-state index is 0.0274. The van der Waals surface area contributed by atoms with Gasteiger partial charge in [-0.2, -0.15) is 10.1 Å². The number of nitrogens with zero attached hydrogens (tertiary/aromatic N) is 4. The van der Waals surface area contributed by atoms with Gasteiger partial charge in [0, 0.05) is 31.5 Å². The number of carboxylic acid groups (broad SMARTS) is 1. The smallest absolute Gasteiger partial charge is 0.356 e. The SMILES string of the molecule is CC(C)c1noc(CCC(=O)NCc2cccc(-n3ccc(C(=O)O)n3)c2)n1. The van der Waals surface area contributed by atoms with E-state index in [1.165, 1.54) is 10.7 Å². The van der Waals surface area contributed by atoms with E-state index in [9.17, 15) is 9.59 Å². The summed E-state index contributed by atoms with van der Waals surface area (Å²) in [6, 6.07) is 8.78. The molecule has 0 radical (unpaired) electrons. The molecule has 9 heteroatoms. The van der Waals surface area contributed by atoms with Gasteiger partial charge in [-0.3, -0.25) is 4.79 Å². The largest absolute Gasteiger partial charge is 0.476 e. The van der Waals surface area contributed by atoms with Crippen molar-refractivity contribution in [2.24, 2.45) is 0 Å². The molecule has 2 N–H and O–H groups in total. The highest BCUT2D eigenvalue weighted by molar-refractivity contribution is 5.85. The third kappa shape index (κ3) is 4.81. The lowest BCUT2D eigenvalue weighted by Crippen LogP contribution is -2.23. The van der Waals surface area contributed by atoms with Gasteiger partial charge >= 0.3 is 5.97 Å². The zero-order valence-corrected chi connectivity index (χ0v) is 15.6. The lowest BCUT2D eigenvalue weighted by atomic mass is 10.2. The summed E-state index contributed by atoms with van der Waals surface area (Å²) in [5, 5.41) is 19.7. The van der Waals surface area contributed by atoms with Crippen molar-refractivity contribution in [3.05, 3.63) is 59.5 Å². The molecular formula is C19H21N5O4. The monoisotopic (exact) mass is 383 g/mol. The van der Waals surface area contributed by atoms with Crippen LogP contribution < -0.4 is 5.32 Å². The molecule has 0 fully saturated rings. The second kappa shape index (κ2) is 8.47. The Balaban J connectivity index is 1.53. The molecule has 0 aliphatic carbocycles. The van der Waals surface area contributed by atoms with Crippen LogP contribution in [0.25, 0.3) is 5.69 Å². The molecule has 2 heterocycles. The summed E-state index contributed by atoms with van der Waals surface area (Å²) in [7, 11) is 0. The van der Waals surface area contributed by atoms with Gasteiger partial charge in [-0.1, -0.05) is 31.1 Å². The number of rotatable bonds is 8. The van der Waals surface area contributed by atoms with Crippen molar-refractivity contribution in [2.45, 2.75) is 39.2 Å². The molecule has 1 aromatic carbocycles. The van der Waals surface area contributed by atoms with E-state index < -0.39 is 5.97 Å². The van der Waals surface area contributed by atoms with Crippen LogP contribution in [0, 0.1) is 0 Å². The molecule has 0 aliphatic heterocycles. The molecule has 0 atom stereocenters. The van der Waals surface area contributed by atoms with Crippen molar-refractivity contribution in [2.75, 3.05) is 0 Å². The van der Waals surface area contributed by atoms with Gasteiger partial charge in [-0.25, -0.2) is 9.48 Å². The van der Waals surface area contributed by atoms with Gasteiger partial charge in [0.15, 0.2) is 11.5 Å². The van der Waals surface area contributed by atoms with Crippen molar-refractivity contribution in [1.82, 2.24) is 25.2 Å². The summed E-state index contributed by atoms with van der Waals surface area (Å²) in [6.07, 6.45) is 2.22. The standard InChI is InChI=1S/C19H21N5O4/c1-12(2)18-21-17(28-23-18)7-6-16(25)20-11-13-4-3-5-14(10-13)24-9-8-15(22-24)19(26)27/h3-5,8-10,12H,6-7,11H2,1-2H3,(H,20,25)(H,26,27). The summed E-state index contributed by atoms with van der Waals surface area (Å²) in [6.45, 7) is 4.29. The van der Waals surface area contributed by atoms with Crippen LogP contribution >= 0.6 is 0 Å². The Labute approximate surface area is 161 Å². The Morgan fingerprint density at radius 1 is 1.29 bits per heavy atom. The number of hydrogen-bond donors (Lipinski definition) is 2. The number of aromatic carboxylic acids is 1. The third-order valence-electron chi connectivity index (χ3n) is 4.04. The van der Waals surface area contributed by atoms with Crippen LogP contribution in [-0.4, -0.2) is 36.9 Å². The summed E-state index contributed by atoms with van der Waals surface area (Å²) < 4.78 is 6.61. The Hall–Kier alpha value is -3.49. The second-order valence-corrected chi connectivity index (χ2v) is 6.60. The molecule has 0 spiro atoms. The highest BCUT2D eigenvalue weighted by Gasteiger charge is 2.12. The van der Waals surface area contributed by atoms with Crippen LogP contribution in [0.3, 0.4) is 0 Å². The van der Waals surface area contributed by atoms with Crippen molar-refractivity contribution in [3.8, 4) is 5.69 Å². The first-order valence-corrected chi connectivity index (χ1v) is 8.90. The lowest BCUT2D eigenvalue weighted by molar-refractivity contribution is -0.121. The molecule has 0 saturated heterocycles. The summed E-state index contributed by atoms with van der Waals surface area (Å²) in [4.78, 5) is 27.3. The highest BCUT2D eigenvalue weighted by Crippen LogP contribution is 2.12. The van der Waals surface area contributed by atoms with Gasteiger partial charge < -0.3 is 14.9 Å². The number of aryl methyl sites for hydroxylation is 1. The Morgan fingerprint density at radius 2 is 2.11 bits per heavy atom. The van der Waals surface area contributed by atoms with E-state index in [4.69, 9.17) is 9.63 Å². The Kier molecular flexibility index (Phi) is 5.83. The molecule has 2 aromatic heterocycles. The molecule has 28 heavy (non-hydrogen) atoms. The average molecular weight is 383 g/mol. The Morgan fingerprint density at radius 3 is 2.79 bits per heavy atom.